The number of aliphatic hydroxyl groups is 1. The van der Waals surface area contributed by atoms with Gasteiger partial charge in [0.2, 0.25) is 0 Å². The first-order chi connectivity index (χ1) is 6.21. The largest absolute Gasteiger partial charge is 0.391 e. The third-order valence-corrected chi connectivity index (χ3v) is 3.14. The van der Waals surface area contributed by atoms with Gasteiger partial charge in [0.1, 0.15) is 0 Å². The van der Waals surface area contributed by atoms with Crippen molar-refractivity contribution in [3.05, 3.63) is 0 Å². The molecule has 1 N–H and O–H groups in total. The van der Waals surface area contributed by atoms with Crippen LogP contribution in [0.3, 0.4) is 0 Å². The van der Waals surface area contributed by atoms with Gasteiger partial charge in [0, 0.05) is 0 Å². The van der Waals surface area contributed by atoms with Gasteiger partial charge in [-0.2, -0.15) is 13.2 Å². The summed E-state index contributed by atoms with van der Waals surface area (Å²) in [6.07, 6.45) is -2.53. The molecule has 1 fully saturated rings. The van der Waals surface area contributed by atoms with Crippen LogP contribution >= 0.6 is 0 Å². The van der Waals surface area contributed by atoms with Crippen molar-refractivity contribution in [3.8, 4) is 0 Å². The Morgan fingerprint density at radius 3 is 2.00 bits per heavy atom. The van der Waals surface area contributed by atoms with Crippen LogP contribution in [0.2, 0.25) is 0 Å². The summed E-state index contributed by atoms with van der Waals surface area (Å²) in [7, 11) is 0. The summed E-state index contributed by atoms with van der Waals surface area (Å²) in [5, 5.41) is 9.66. The first kappa shape index (κ1) is 11.8. The van der Waals surface area contributed by atoms with E-state index in [-0.39, 0.29) is 18.8 Å². The summed E-state index contributed by atoms with van der Waals surface area (Å²) < 4.78 is 37.3. The van der Waals surface area contributed by atoms with E-state index < -0.39 is 17.7 Å². The Balaban J connectivity index is 2.61. The average molecular weight is 210 g/mol. The zero-order valence-corrected chi connectivity index (χ0v) is 8.56. The van der Waals surface area contributed by atoms with Gasteiger partial charge in [-0.05, 0) is 39.0 Å². The summed E-state index contributed by atoms with van der Waals surface area (Å²) in [4.78, 5) is 0. The van der Waals surface area contributed by atoms with Crippen molar-refractivity contribution < 1.29 is 18.3 Å². The fourth-order valence-electron chi connectivity index (χ4n) is 2.13. The lowest BCUT2D eigenvalue weighted by Gasteiger charge is -2.37. The lowest BCUT2D eigenvalue weighted by atomic mass is 9.74. The van der Waals surface area contributed by atoms with E-state index in [1.807, 2.05) is 0 Å². The zero-order valence-electron chi connectivity index (χ0n) is 8.56. The minimum absolute atomic E-state index is 0.0764. The Bertz CT molecular complexity index is 173. The maximum atomic E-state index is 12.4. The van der Waals surface area contributed by atoms with E-state index in [2.05, 4.69) is 0 Å². The van der Waals surface area contributed by atoms with Crippen LogP contribution in [0.5, 0.6) is 0 Å². The predicted octanol–water partition coefficient (Wildman–Crippen LogP) is 3.13. The van der Waals surface area contributed by atoms with Gasteiger partial charge >= 0.3 is 6.18 Å². The van der Waals surface area contributed by atoms with Crippen LogP contribution in [-0.4, -0.2) is 16.9 Å². The van der Waals surface area contributed by atoms with Gasteiger partial charge < -0.3 is 5.11 Å². The third-order valence-electron chi connectivity index (χ3n) is 3.14. The Labute approximate surface area is 82.3 Å². The van der Waals surface area contributed by atoms with Crippen LogP contribution in [0.1, 0.15) is 39.5 Å². The number of alkyl halides is 3. The number of hydrogen-bond donors (Lipinski definition) is 1. The van der Waals surface area contributed by atoms with E-state index in [1.54, 1.807) is 13.8 Å². The highest BCUT2D eigenvalue weighted by Crippen LogP contribution is 2.42. The molecule has 1 aliphatic rings. The van der Waals surface area contributed by atoms with Crippen LogP contribution in [0.15, 0.2) is 0 Å². The van der Waals surface area contributed by atoms with E-state index in [0.717, 1.165) is 0 Å². The van der Waals surface area contributed by atoms with Crippen molar-refractivity contribution in [2.45, 2.75) is 51.3 Å². The van der Waals surface area contributed by atoms with Crippen molar-refractivity contribution in [3.63, 3.8) is 0 Å². The number of halogens is 3. The van der Waals surface area contributed by atoms with Gasteiger partial charge in [-0.3, -0.25) is 0 Å². The standard InChI is InChI=1S/C10H17F3O/c1-9(2,14)7-4-3-5-8(6-7)10(11,12)13/h7-8,14H,3-6H2,1-2H3. The van der Waals surface area contributed by atoms with E-state index in [4.69, 9.17) is 0 Å². The molecule has 84 valence electrons. The van der Waals surface area contributed by atoms with Crippen LogP contribution in [0.4, 0.5) is 13.2 Å². The predicted molar refractivity (Wildman–Crippen MR) is 47.8 cm³/mol. The monoisotopic (exact) mass is 210 g/mol. The highest BCUT2D eigenvalue weighted by atomic mass is 19.4. The van der Waals surface area contributed by atoms with Gasteiger partial charge in [0.05, 0.1) is 11.5 Å². The lowest BCUT2D eigenvalue weighted by Crippen LogP contribution is -2.38. The molecule has 0 aliphatic heterocycles. The summed E-state index contributed by atoms with van der Waals surface area (Å²) in [5.41, 5.74) is -0.982. The molecule has 0 saturated heterocycles. The molecule has 2 atom stereocenters. The highest BCUT2D eigenvalue weighted by molar-refractivity contribution is 4.85. The van der Waals surface area contributed by atoms with E-state index in [9.17, 15) is 18.3 Å². The fraction of sp³-hybridized carbons (Fsp3) is 1.00. The SMILES string of the molecule is CC(C)(O)C1CCCC(C(F)(F)F)C1. The molecule has 0 aromatic carbocycles. The van der Waals surface area contributed by atoms with Crippen LogP contribution < -0.4 is 0 Å². The Morgan fingerprint density at radius 2 is 1.57 bits per heavy atom. The molecular weight excluding hydrogens is 193 g/mol. The second kappa shape index (κ2) is 3.72. The highest BCUT2D eigenvalue weighted by Gasteiger charge is 2.44. The van der Waals surface area contributed by atoms with Crippen molar-refractivity contribution in [2.75, 3.05) is 0 Å². The van der Waals surface area contributed by atoms with Crippen LogP contribution in [0, 0.1) is 11.8 Å². The second-order valence-electron chi connectivity index (χ2n) is 4.76. The molecule has 1 aliphatic carbocycles. The van der Waals surface area contributed by atoms with Gasteiger partial charge in [-0.1, -0.05) is 6.42 Å². The van der Waals surface area contributed by atoms with Gasteiger partial charge in [0.15, 0.2) is 0 Å². The number of hydrogen-bond acceptors (Lipinski definition) is 1. The maximum absolute atomic E-state index is 12.4. The summed E-state index contributed by atoms with van der Waals surface area (Å²) in [6.45, 7) is 3.19. The quantitative estimate of drug-likeness (QED) is 0.705. The second-order valence-corrected chi connectivity index (χ2v) is 4.76. The molecular formula is C10H17F3O. The number of rotatable bonds is 1. The van der Waals surface area contributed by atoms with Gasteiger partial charge in [-0.25, -0.2) is 0 Å². The van der Waals surface area contributed by atoms with Crippen molar-refractivity contribution in [2.24, 2.45) is 11.8 Å². The Morgan fingerprint density at radius 1 is 1.07 bits per heavy atom. The first-order valence-electron chi connectivity index (χ1n) is 5.00. The maximum Gasteiger partial charge on any atom is 0.391 e. The molecule has 14 heavy (non-hydrogen) atoms. The smallest absolute Gasteiger partial charge is 0.390 e. The topological polar surface area (TPSA) is 20.2 Å². The minimum atomic E-state index is -4.09. The molecule has 1 nitrogen and oxygen atoms in total. The molecule has 0 radical (unpaired) electrons. The van der Waals surface area contributed by atoms with Crippen LogP contribution in [-0.2, 0) is 0 Å². The molecule has 0 aromatic heterocycles. The van der Waals surface area contributed by atoms with E-state index in [1.165, 1.54) is 0 Å². The third kappa shape index (κ3) is 2.87. The molecule has 0 amide bonds. The summed E-state index contributed by atoms with van der Waals surface area (Å²) in [6, 6.07) is 0. The molecule has 0 spiro atoms. The van der Waals surface area contributed by atoms with Crippen molar-refractivity contribution >= 4 is 0 Å². The molecule has 0 aromatic rings. The summed E-state index contributed by atoms with van der Waals surface area (Å²) >= 11 is 0. The van der Waals surface area contributed by atoms with Crippen LogP contribution in [0.25, 0.3) is 0 Å². The minimum Gasteiger partial charge on any atom is -0.390 e. The summed E-state index contributed by atoms with van der Waals surface area (Å²) in [5.74, 6) is -1.43. The molecule has 0 bridgehead atoms. The molecule has 4 heteroatoms. The van der Waals surface area contributed by atoms with Gasteiger partial charge in [0.25, 0.3) is 0 Å². The Hall–Kier alpha value is -0.250. The molecule has 2 unspecified atom stereocenters. The zero-order chi connectivity index (χ0) is 11.0. The average Bonchev–Trinajstić information content (AvgIpc) is 2.01. The van der Waals surface area contributed by atoms with Gasteiger partial charge in [-0.15, -0.1) is 0 Å². The lowest BCUT2D eigenvalue weighted by molar-refractivity contribution is -0.191. The normalized spacial score (nSPS) is 30.4. The van der Waals surface area contributed by atoms with E-state index >= 15 is 0 Å². The van der Waals surface area contributed by atoms with E-state index in [0.29, 0.717) is 12.8 Å². The van der Waals surface area contributed by atoms with Crippen molar-refractivity contribution in [1.29, 1.82) is 0 Å². The molecule has 1 saturated carbocycles. The fourth-order valence-corrected chi connectivity index (χ4v) is 2.13. The Kier molecular flexibility index (Phi) is 3.14. The first-order valence-corrected chi connectivity index (χ1v) is 5.00. The van der Waals surface area contributed by atoms with Crippen molar-refractivity contribution in [1.82, 2.24) is 0 Å². The molecule has 1 rings (SSSR count). The molecule has 0 heterocycles.